The molecular weight excluding hydrogens is 422 g/mol. The molecule has 0 aliphatic carbocycles. The smallest absolute Gasteiger partial charge is 0.340 e. The molecule has 0 unspecified atom stereocenters. The molecule has 0 fully saturated rings. The minimum Gasteiger partial charge on any atom is -0.340 e. The first-order valence-corrected chi connectivity index (χ1v) is 9.29. The van der Waals surface area contributed by atoms with Gasteiger partial charge in [0.25, 0.3) is 0 Å². The third-order valence-electron chi connectivity index (χ3n) is 5.09. The molecule has 0 amide bonds. The monoisotopic (exact) mass is 438 g/mol. The maximum Gasteiger partial charge on any atom is 0.435 e. The average Bonchev–Trinajstić information content (AvgIpc) is 2.89. The van der Waals surface area contributed by atoms with Crippen LogP contribution in [0.25, 0.3) is 11.3 Å². The molecule has 4 nitrogen and oxygen atoms in total. The van der Waals surface area contributed by atoms with Crippen LogP contribution >= 0.6 is 0 Å². The lowest BCUT2D eigenvalue weighted by Gasteiger charge is -2.25. The van der Waals surface area contributed by atoms with Crippen molar-refractivity contribution in [2.75, 3.05) is 25.0 Å². The molecule has 1 aromatic heterocycles. The third-order valence-corrected chi connectivity index (χ3v) is 5.09. The number of nitrogens with zero attached hydrogens (tertiary/aromatic N) is 4. The molecule has 2 aromatic carbocycles. The molecule has 0 radical (unpaired) electrons. The number of anilines is 2. The van der Waals surface area contributed by atoms with Gasteiger partial charge in [0.1, 0.15) is 5.82 Å². The van der Waals surface area contributed by atoms with Gasteiger partial charge in [-0.25, -0.2) is 13.2 Å². The first-order chi connectivity index (χ1) is 14.6. The maximum atomic E-state index is 15.5. The number of hydrogen-bond donors (Lipinski definition) is 0. The number of fused-ring (bicyclic) bond motifs is 1. The van der Waals surface area contributed by atoms with Crippen molar-refractivity contribution in [1.82, 2.24) is 15.1 Å². The summed E-state index contributed by atoms with van der Waals surface area (Å²) in [6.07, 6.45) is -4.65. The predicted octanol–water partition coefficient (Wildman–Crippen LogP) is 5.16. The first kappa shape index (κ1) is 21.1. The van der Waals surface area contributed by atoms with Crippen LogP contribution in [-0.4, -0.2) is 35.2 Å². The molecule has 0 N–H and O–H groups in total. The van der Waals surface area contributed by atoms with Gasteiger partial charge in [-0.15, -0.1) is 10.2 Å². The second-order valence-electron chi connectivity index (χ2n) is 7.21. The number of rotatable bonds is 2. The number of alkyl halides is 3. The molecule has 0 saturated heterocycles. The highest BCUT2D eigenvalue weighted by molar-refractivity contribution is 5.72. The molecule has 0 bridgehead atoms. The van der Waals surface area contributed by atoms with Crippen LogP contribution in [0.15, 0.2) is 42.5 Å². The van der Waals surface area contributed by atoms with Crippen molar-refractivity contribution in [2.45, 2.75) is 12.7 Å². The number of likely N-dealkylation sites (N-methyl/N-ethyl adjacent to an activating group) is 1. The van der Waals surface area contributed by atoms with Crippen molar-refractivity contribution in [3.8, 4) is 11.3 Å². The fourth-order valence-corrected chi connectivity index (χ4v) is 3.50. The minimum absolute atomic E-state index is 0.000473. The molecule has 162 valence electrons. The number of aromatic nitrogens is 2. The van der Waals surface area contributed by atoms with E-state index in [0.717, 1.165) is 24.3 Å². The Kier molecular flexibility index (Phi) is 5.34. The quantitative estimate of drug-likeness (QED) is 0.518. The fourth-order valence-electron chi connectivity index (χ4n) is 3.50. The Labute approximate surface area is 173 Å². The summed E-state index contributed by atoms with van der Waals surface area (Å²) in [5, 5.41) is 6.69. The summed E-state index contributed by atoms with van der Waals surface area (Å²) in [4.78, 5) is 3.52. The van der Waals surface area contributed by atoms with Gasteiger partial charge in [0, 0.05) is 48.2 Å². The van der Waals surface area contributed by atoms with Crippen LogP contribution in [0.4, 0.5) is 37.7 Å². The van der Waals surface area contributed by atoms with Gasteiger partial charge in [-0.2, -0.15) is 13.2 Å². The average molecular weight is 438 g/mol. The Morgan fingerprint density at radius 1 is 0.871 bits per heavy atom. The zero-order valence-corrected chi connectivity index (χ0v) is 16.2. The van der Waals surface area contributed by atoms with Gasteiger partial charge in [0.2, 0.25) is 0 Å². The van der Waals surface area contributed by atoms with Crippen molar-refractivity contribution < 1.29 is 26.3 Å². The molecule has 1 aliphatic heterocycles. The Morgan fingerprint density at radius 3 is 2.29 bits per heavy atom. The maximum absolute atomic E-state index is 15.5. The number of halogens is 6. The van der Waals surface area contributed by atoms with E-state index in [1.54, 1.807) is 18.0 Å². The van der Waals surface area contributed by atoms with Crippen LogP contribution in [0.1, 0.15) is 11.3 Å². The zero-order chi connectivity index (χ0) is 22.3. The van der Waals surface area contributed by atoms with E-state index in [2.05, 4.69) is 10.2 Å². The Bertz CT molecular complexity index is 1110. The largest absolute Gasteiger partial charge is 0.435 e. The van der Waals surface area contributed by atoms with Crippen LogP contribution in [0.5, 0.6) is 0 Å². The van der Waals surface area contributed by atoms with Crippen LogP contribution in [0.3, 0.4) is 0 Å². The number of benzene rings is 2. The summed E-state index contributed by atoms with van der Waals surface area (Å²) in [5.41, 5.74) is -0.131. The van der Waals surface area contributed by atoms with Crippen molar-refractivity contribution in [3.05, 3.63) is 71.2 Å². The highest BCUT2D eigenvalue weighted by Crippen LogP contribution is 2.37. The van der Waals surface area contributed by atoms with E-state index in [1.807, 2.05) is 4.90 Å². The molecule has 31 heavy (non-hydrogen) atoms. The van der Waals surface area contributed by atoms with E-state index in [-0.39, 0.29) is 23.4 Å². The van der Waals surface area contributed by atoms with Gasteiger partial charge in [-0.05, 0) is 43.4 Å². The van der Waals surface area contributed by atoms with E-state index in [9.17, 15) is 22.0 Å². The Morgan fingerprint density at radius 2 is 1.65 bits per heavy atom. The fraction of sp³-hybridized carbons (Fsp3) is 0.238. The van der Waals surface area contributed by atoms with Crippen molar-refractivity contribution in [3.63, 3.8) is 0 Å². The predicted molar refractivity (Wildman–Crippen MR) is 102 cm³/mol. The van der Waals surface area contributed by atoms with Gasteiger partial charge in [-0.3, -0.25) is 0 Å². The molecule has 3 aromatic rings. The van der Waals surface area contributed by atoms with Crippen LogP contribution in [0.2, 0.25) is 0 Å². The van der Waals surface area contributed by atoms with E-state index >= 15 is 4.39 Å². The van der Waals surface area contributed by atoms with Gasteiger partial charge < -0.3 is 9.80 Å². The third kappa shape index (κ3) is 4.07. The molecule has 4 rings (SSSR count). The lowest BCUT2D eigenvalue weighted by atomic mass is 10.0. The van der Waals surface area contributed by atoms with Gasteiger partial charge in [0.15, 0.2) is 17.3 Å². The van der Waals surface area contributed by atoms with Crippen molar-refractivity contribution in [1.29, 1.82) is 0 Å². The standard InChI is InChI=1S/C21H16F6N4/c1-30-8-9-31(12-2-4-15(22)16(23)10-12)18-6-3-13(20(24)14(18)11-30)17-5-7-19(29-28-17)21(25,26)27/h2-7,10H,8-9,11H2,1H3. The summed E-state index contributed by atoms with van der Waals surface area (Å²) in [6, 6.07) is 8.23. The summed E-state index contributed by atoms with van der Waals surface area (Å²) in [6.45, 7) is 1.12. The van der Waals surface area contributed by atoms with Gasteiger partial charge >= 0.3 is 6.18 Å². The highest BCUT2D eigenvalue weighted by atomic mass is 19.4. The van der Waals surface area contributed by atoms with Gasteiger partial charge in [-0.1, -0.05) is 0 Å². The molecule has 1 aliphatic rings. The van der Waals surface area contributed by atoms with E-state index < -0.39 is 29.3 Å². The molecule has 10 heteroatoms. The van der Waals surface area contributed by atoms with Crippen molar-refractivity contribution in [2.24, 2.45) is 0 Å². The second kappa shape index (κ2) is 7.84. The van der Waals surface area contributed by atoms with Crippen LogP contribution < -0.4 is 4.90 Å². The van der Waals surface area contributed by atoms with E-state index in [0.29, 0.717) is 24.5 Å². The molecule has 0 atom stereocenters. The Balaban J connectivity index is 1.79. The molecule has 0 saturated carbocycles. The molecular formula is C21H16F6N4. The van der Waals surface area contributed by atoms with Crippen LogP contribution in [-0.2, 0) is 12.7 Å². The van der Waals surface area contributed by atoms with E-state index in [4.69, 9.17) is 0 Å². The van der Waals surface area contributed by atoms with Crippen molar-refractivity contribution >= 4 is 11.4 Å². The lowest BCUT2D eigenvalue weighted by Crippen LogP contribution is -2.26. The second-order valence-corrected chi connectivity index (χ2v) is 7.21. The summed E-state index contributed by atoms with van der Waals surface area (Å²) in [7, 11) is 1.78. The first-order valence-electron chi connectivity index (χ1n) is 9.29. The Hall–Kier alpha value is -3.14. The topological polar surface area (TPSA) is 32.3 Å². The van der Waals surface area contributed by atoms with E-state index in [1.165, 1.54) is 12.1 Å². The van der Waals surface area contributed by atoms with Gasteiger partial charge in [0.05, 0.1) is 5.69 Å². The SMILES string of the molecule is CN1CCN(c2ccc(F)c(F)c2)c2ccc(-c3ccc(C(F)(F)F)nn3)c(F)c2C1. The normalized spacial score (nSPS) is 15.0. The summed E-state index contributed by atoms with van der Waals surface area (Å²) in [5.74, 6) is -2.67. The number of hydrogen-bond acceptors (Lipinski definition) is 4. The summed E-state index contributed by atoms with van der Waals surface area (Å²) < 4.78 is 80.8. The highest BCUT2D eigenvalue weighted by Gasteiger charge is 2.33. The zero-order valence-electron chi connectivity index (χ0n) is 16.2. The minimum atomic E-state index is -4.65. The molecule has 2 heterocycles. The molecule has 0 spiro atoms. The van der Waals surface area contributed by atoms with Crippen LogP contribution in [0, 0.1) is 17.5 Å². The summed E-state index contributed by atoms with van der Waals surface area (Å²) >= 11 is 0. The lowest BCUT2D eigenvalue weighted by molar-refractivity contribution is -0.141.